The van der Waals surface area contributed by atoms with Gasteiger partial charge in [0.1, 0.15) is 11.6 Å². The van der Waals surface area contributed by atoms with Gasteiger partial charge < -0.3 is 10.2 Å². The van der Waals surface area contributed by atoms with Crippen LogP contribution in [0.15, 0.2) is 17.0 Å². The SMILES string of the molecule is CSc1c(O)ccc(CO)c1F. The first-order chi connectivity index (χ1) is 5.70. The van der Waals surface area contributed by atoms with E-state index in [1.54, 1.807) is 6.26 Å². The number of halogens is 1. The molecule has 0 saturated heterocycles. The van der Waals surface area contributed by atoms with Gasteiger partial charge in [0.15, 0.2) is 0 Å². The number of aliphatic hydroxyl groups is 1. The molecule has 2 N–H and O–H groups in total. The second kappa shape index (κ2) is 3.78. The van der Waals surface area contributed by atoms with Gasteiger partial charge in [-0.3, -0.25) is 0 Å². The van der Waals surface area contributed by atoms with Crippen molar-refractivity contribution in [3.05, 3.63) is 23.5 Å². The Morgan fingerprint density at radius 2 is 2.17 bits per heavy atom. The van der Waals surface area contributed by atoms with E-state index in [1.807, 2.05) is 0 Å². The molecule has 0 unspecified atom stereocenters. The molecule has 12 heavy (non-hydrogen) atoms. The van der Waals surface area contributed by atoms with E-state index in [0.717, 1.165) is 11.8 Å². The normalized spacial score (nSPS) is 10.2. The smallest absolute Gasteiger partial charge is 0.146 e. The first-order valence-corrected chi connectivity index (χ1v) is 4.58. The van der Waals surface area contributed by atoms with E-state index in [4.69, 9.17) is 10.2 Å². The van der Waals surface area contributed by atoms with Gasteiger partial charge >= 0.3 is 0 Å². The van der Waals surface area contributed by atoms with Crippen LogP contribution in [0.2, 0.25) is 0 Å². The summed E-state index contributed by atoms with van der Waals surface area (Å²) in [5.74, 6) is -0.623. The van der Waals surface area contributed by atoms with Crippen molar-refractivity contribution >= 4 is 11.8 Å². The first-order valence-electron chi connectivity index (χ1n) is 3.36. The Balaban J connectivity index is 3.24. The average Bonchev–Trinajstić information content (AvgIpc) is 2.06. The van der Waals surface area contributed by atoms with Gasteiger partial charge in [0, 0.05) is 5.56 Å². The molecule has 0 bridgehead atoms. The predicted octanol–water partition coefficient (Wildman–Crippen LogP) is 1.75. The van der Waals surface area contributed by atoms with Crippen LogP contribution < -0.4 is 0 Å². The highest BCUT2D eigenvalue weighted by molar-refractivity contribution is 7.98. The largest absolute Gasteiger partial charge is 0.507 e. The summed E-state index contributed by atoms with van der Waals surface area (Å²) in [4.78, 5) is 0.182. The molecule has 1 aromatic rings. The Kier molecular flexibility index (Phi) is 2.94. The molecule has 0 saturated carbocycles. The minimum atomic E-state index is -0.537. The summed E-state index contributed by atoms with van der Waals surface area (Å²) in [6.07, 6.45) is 1.67. The van der Waals surface area contributed by atoms with Crippen molar-refractivity contribution in [2.24, 2.45) is 0 Å². The maximum absolute atomic E-state index is 13.2. The number of aliphatic hydroxyl groups excluding tert-OH is 1. The number of aromatic hydroxyl groups is 1. The number of phenolic OH excluding ortho intramolecular Hbond substituents is 1. The zero-order valence-corrected chi connectivity index (χ0v) is 7.36. The molecule has 0 radical (unpaired) electrons. The number of rotatable bonds is 2. The van der Waals surface area contributed by atoms with Crippen molar-refractivity contribution in [1.82, 2.24) is 0 Å². The van der Waals surface area contributed by atoms with Gasteiger partial charge in [-0.25, -0.2) is 4.39 Å². The Labute approximate surface area is 74.0 Å². The molecule has 0 spiro atoms. The molecule has 4 heteroatoms. The molecule has 0 aliphatic carbocycles. The molecule has 0 aromatic heterocycles. The van der Waals surface area contributed by atoms with Crippen LogP contribution in [0, 0.1) is 5.82 Å². The van der Waals surface area contributed by atoms with Crippen LogP contribution in [0.4, 0.5) is 4.39 Å². The molecular weight excluding hydrogens is 179 g/mol. The Bertz CT molecular complexity index is 289. The third kappa shape index (κ3) is 1.54. The fourth-order valence-electron chi connectivity index (χ4n) is 0.903. The molecule has 66 valence electrons. The molecule has 0 heterocycles. The Morgan fingerprint density at radius 3 is 2.67 bits per heavy atom. The van der Waals surface area contributed by atoms with Crippen molar-refractivity contribution in [3.8, 4) is 5.75 Å². The second-order valence-corrected chi connectivity index (χ2v) is 3.07. The summed E-state index contributed by atoms with van der Waals surface area (Å²) < 4.78 is 13.2. The van der Waals surface area contributed by atoms with Gasteiger partial charge in [-0.2, -0.15) is 0 Å². The number of phenols is 1. The lowest BCUT2D eigenvalue weighted by Gasteiger charge is -2.05. The summed E-state index contributed by atoms with van der Waals surface area (Å²) in [6.45, 7) is -0.348. The maximum Gasteiger partial charge on any atom is 0.146 e. The maximum atomic E-state index is 13.2. The lowest BCUT2D eigenvalue weighted by atomic mass is 10.2. The molecule has 0 aliphatic rings. The topological polar surface area (TPSA) is 40.5 Å². The van der Waals surface area contributed by atoms with Crippen LogP contribution in [-0.2, 0) is 6.61 Å². The zero-order valence-electron chi connectivity index (χ0n) is 6.54. The molecule has 0 amide bonds. The predicted molar refractivity (Wildman–Crippen MR) is 45.8 cm³/mol. The van der Waals surface area contributed by atoms with Crippen LogP contribution >= 0.6 is 11.8 Å². The lowest BCUT2D eigenvalue weighted by molar-refractivity contribution is 0.274. The highest BCUT2D eigenvalue weighted by Crippen LogP contribution is 2.31. The standard InChI is InChI=1S/C8H9FO2S/c1-12-8-6(11)3-2-5(4-10)7(8)9/h2-3,10-11H,4H2,1H3. The minimum Gasteiger partial charge on any atom is -0.507 e. The van der Waals surface area contributed by atoms with Crippen LogP contribution in [0.5, 0.6) is 5.75 Å². The minimum absolute atomic E-state index is 0.0859. The van der Waals surface area contributed by atoms with Crippen molar-refractivity contribution < 1.29 is 14.6 Å². The third-order valence-corrected chi connectivity index (χ3v) is 2.33. The van der Waals surface area contributed by atoms with Gasteiger partial charge in [0.25, 0.3) is 0 Å². The highest BCUT2D eigenvalue weighted by Gasteiger charge is 2.10. The average molecular weight is 188 g/mol. The van der Waals surface area contributed by atoms with Gasteiger partial charge in [-0.05, 0) is 12.3 Å². The zero-order chi connectivity index (χ0) is 9.14. The van der Waals surface area contributed by atoms with Crippen molar-refractivity contribution in [2.75, 3.05) is 6.26 Å². The van der Waals surface area contributed by atoms with Gasteiger partial charge in [0.2, 0.25) is 0 Å². The molecule has 0 fully saturated rings. The number of hydrogen-bond acceptors (Lipinski definition) is 3. The fraction of sp³-hybridized carbons (Fsp3) is 0.250. The van der Waals surface area contributed by atoms with Gasteiger partial charge in [-0.1, -0.05) is 6.07 Å². The van der Waals surface area contributed by atoms with Crippen LogP contribution in [0.25, 0.3) is 0 Å². The molecule has 2 nitrogen and oxygen atoms in total. The van der Waals surface area contributed by atoms with Crippen LogP contribution in [-0.4, -0.2) is 16.5 Å². The second-order valence-electron chi connectivity index (χ2n) is 2.25. The van der Waals surface area contributed by atoms with E-state index in [1.165, 1.54) is 12.1 Å². The van der Waals surface area contributed by atoms with E-state index >= 15 is 0 Å². The van der Waals surface area contributed by atoms with Crippen molar-refractivity contribution in [2.45, 2.75) is 11.5 Å². The Hall–Kier alpha value is -0.740. The van der Waals surface area contributed by atoms with Gasteiger partial charge in [0.05, 0.1) is 11.5 Å². The fourth-order valence-corrected chi connectivity index (χ4v) is 1.49. The summed E-state index contributed by atoms with van der Waals surface area (Å²) in [7, 11) is 0. The monoisotopic (exact) mass is 188 g/mol. The quantitative estimate of drug-likeness (QED) is 0.694. The molecule has 1 rings (SSSR count). The lowest BCUT2D eigenvalue weighted by Crippen LogP contribution is -1.91. The summed E-state index contributed by atoms with van der Waals surface area (Å²) in [6, 6.07) is 2.74. The molecule has 0 aliphatic heterocycles. The third-order valence-electron chi connectivity index (χ3n) is 1.53. The van der Waals surface area contributed by atoms with Crippen molar-refractivity contribution in [1.29, 1.82) is 0 Å². The van der Waals surface area contributed by atoms with Crippen molar-refractivity contribution in [3.63, 3.8) is 0 Å². The first kappa shape index (κ1) is 9.35. The number of benzene rings is 1. The van der Waals surface area contributed by atoms with Crippen LogP contribution in [0.3, 0.4) is 0 Å². The summed E-state index contributed by atoms with van der Waals surface area (Å²) >= 11 is 1.12. The van der Waals surface area contributed by atoms with E-state index in [0.29, 0.717) is 0 Å². The summed E-state index contributed by atoms with van der Waals surface area (Å²) in [5, 5.41) is 17.9. The highest BCUT2D eigenvalue weighted by atomic mass is 32.2. The Morgan fingerprint density at radius 1 is 1.50 bits per heavy atom. The molecule has 0 atom stereocenters. The van der Waals surface area contributed by atoms with Crippen LogP contribution in [0.1, 0.15) is 5.56 Å². The number of hydrogen-bond donors (Lipinski definition) is 2. The van der Waals surface area contributed by atoms with E-state index in [-0.39, 0.29) is 22.8 Å². The van der Waals surface area contributed by atoms with E-state index < -0.39 is 5.82 Å². The molecule has 1 aromatic carbocycles. The molecular formula is C8H9FO2S. The van der Waals surface area contributed by atoms with E-state index in [9.17, 15) is 4.39 Å². The number of thioether (sulfide) groups is 1. The summed E-state index contributed by atoms with van der Waals surface area (Å²) in [5.41, 5.74) is 0.206. The van der Waals surface area contributed by atoms with E-state index in [2.05, 4.69) is 0 Å². The van der Waals surface area contributed by atoms with Gasteiger partial charge in [-0.15, -0.1) is 11.8 Å².